The fraction of sp³-hybridized carbons (Fsp3) is 0. The first kappa shape index (κ1) is 11.2. The molecular weight excluding hydrogens is 246 g/mol. The minimum absolute atomic E-state index is 0.709. The standard InChI is InChI=1S/C14H9BClO2/c16-11-7-5-10(6-8-11)12-3-1-2-4-13(12)14-9-17-15-18-14/h1-9H. The number of halogens is 1. The zero-order chi connectivity index (χ0) is 12.4. The number of hydrogen-bond acceptors (Lipinski definition) is 2. The predicted molar refractivity (Wildman–Crippen MR) is 72.8 cm³/mol. The van der Waals surface area contributed by atoms with Gasteiger partial charge in [-0.25, -0.2) is 0 Å². The van der Waals surface area contributed by atoms with Crippen molar-refractivity contribution in [2.45, 2.75) is 0 Å². The largest absolute Gasteiger partial charge is 0.657 e. The minimum Gasteiger partial charge on any atom is -0.529 e. The molecule has 1 aliphatic rings. The molecule has 18 heavy (non-hydrogen) atoms. The summed E-state index contributed by atoms with van der Waals surface area (Å²) in [7, 11) is 1.31. The molecule has 87 valence electrons. The molecule has 0 N–H and O–H groups in total. The summed E-state index contributed by atoms with van der Waals surface area (Å²) in [6.07, 6.45) is 1.59. The molecule has 0 aliphatic carbocycles. The smallest absolute Gasteiger partial charge is 0.529 e. The van der Waals surface area contributed by atoms with Gasteiger partial charge in [0.2, 0.25) is 0 Å². The maximum absolute atomic E-state index is 5.90. The Hall–Kier alpha value is -1.87. The summed E-state index contributed by atoms with van der Waals surface area (Å²) in [5, 5.41) is 0.726. The van der Waals surface area contributed by atoms with Gasteiger partial charge in [0.05, 0.1) is 0 Å². The molecule has 2 aromatic carbocycles. The van der Waals surface area contributed by atoms with Crippen LogP contribution < -0.4 is 0 Å². The Balaban J connectivity index is 2.09. The van der Waals surface area contributed by atoms with Crippen molar-refractivity contribution in [2.75, 3.05) is 0 Å². The van der Waals surface area contributed by atoms with Crippen molar-refractivity contribution in [2.24, 2.45) is 0 Å². The topological polar surface area (TPSA) is 18.5 Å². The van der Waals surface area contributed by atoms with E-state index >= 15 is 0 Å². The molecule has 2 aromatic rings. The molecule has 0 spiro atoms. The van der Waals surface area contributed by atoms with Crippen molar-refractivity contribution in [3.05, 3.63) is 65.4 Å². The van der Waals surface area contributed by atoms with Crippen LogP contribution in [0.15, 0.2) is 54.8 Å². The van der Waals surface area contributed by atoms with Crippen LogP contribution in [0.4, 0.5) is 0 Å². The van der Waals surface area contributed by atoms with Crippen LogP contribution in [0.2, 0.25) is 5.02 Å². The minimum atomic E-state index is 0.709. The molecule has 2 nitrogen and oxygen atoms in total. The molecule has 0 amide bonds. The number of rotatable bonds is 2. The molecule has 0 aromatic heterocycles. The van der Waals surface area contributed by atoms with Gasteiger partial charge in [0, 0.05) is 10.6 Å². The number of benzene rings is 2. The summed E-state index contributed by atoms with van der Waals surface area (Å²) >= 11 is 5.90. The van der Waals surface area contributed by atoms with Crippen LogP contribution in [-0.4, -0.2) is 7.69 Å². The first-order chi connectivity index (χ1) is 8.84. The van der Waals surface area contributed by atoms with Gasteiger partial charge in [-0.1, -0.05) is 48.0 Å². The van der Waals surface area contributed by atoms with Gasteiger partial charge >= 0.3 is 7.69 Å². The first-order valence-electron chi connectivity index (χ1n) is 5.54. The van der Waals surface area contributed by atoms with Gasteiger partial charge in [0.15, 0.2) is 0 Å². The lowest BCUT2D eigenvalue weighted by molar-refractivity contribution is 0.454. The van der Waals surface area contributed by atoms with Crippen molar-refractivity contribution >= 4 is 25.0 Å². The molecule has 1 radical (unpaired) electrons. The Labute approximate surface area is 111 Å². The molecule has 0 saturated carbocycles. The molecule has 1 aliphatic heterocycles. The highest BCUT2D eigenvalue weighted by atomic mass is 35.5. The van der Waals surface area contributed by atoms with E-state index in [-0.39, 0.29) is 0 Å². The summed E-state index contributed by atoms with van der Waals surface area (Å²) in [6, 6.07) is 15.7. The quantitative estimate of drug-likeness (QED) is 0.758. The predicted octanol–water partition coefficient (Wildman–Crippen LogP) is 3.89. The highest BCUT2D eigenvalue weighted by molar-refractivity contribution is 6.30. The van der Waals surface area contributed by atoms with Crippen LogP contribution in [-0.2, 0) is 9.31 Å². The second-order valence-electron chi connectivity index (χ2n) is 3.88. The maximum atomic E-state index is 5.90. The van der Waals surface area contributed by atoms with Crippen LogP contribution in [0.5, 0.6) is 0 Å². The van der Waals surface area contributed by atoms with Gasteiger partial charge in [-0.05, 0) is 23.3 Å². The fourth-order valence-corrected chi connectivity index (χ4v) is 2.03. The molecule has 0 bridgehead atoms. The Morgan fingerprint density at radius 1 is 0.889 bits per heavy atom. The molecule has 0 unspecified atom stereocenters. The van der Waals surface area contributed by atoms with Crippen molar-refractivity contribution in [3.8, 4) is 11.1 Å². The van der Waals surface area contributed by atoms with E-state index in [0.717, 1.165) is 21.7 Å². The second-order valence-corrected chi connectivity index (χ2v) is 4.32. The zero-order valence-corrected chi connectivity index (χ0v) is 10.2. The summed E-state index contributed by atoms with van der Waals surface area (Å²) in [5.74, 6) is 0.709. The van der Waals surface area contributed by atoms with E-state index in [4.69, 9.17) is 20.9 Å². The van der Waals surface area contributed by atoms with Gasteiger partial charge in [-0.15, -0.1) is 0 Å². The summed E-state index contributed by atoms with van der Waals surface area (Å²) < 4.78 is 10.3. The number of hydrogen-bond donors (Lipinski definition) is 0. The Morgan fingerprint density at radius 2 is 1.61 bits per heavy atom. The monoisotopic (exact) mass is 255 g/mol. The van der Waals surface area contributed by atoms with E-state index < -0.39 is 0 Å². The molecule has 4 heteroatoms. The fourth-order valence-electron chi connectivity index (χ4n) is 1.90. The van der Waals surface area contributed by atoms with Gasteiger partial charge in [0.1, 0.15) is 12.0 Å². The third-order valence-electron chi connectivity index (χ3n) is 2.75. The Kier molecular flexibility index (Phi) is 2.99. The third-order valence-corrected chi connectivity index (χ3v) is 3.01. The first-order valence-corrected chi connectivity index (χ1v) is 5.92. The summed E-state index contributed by atoms with van der Waals surface area (Å²) in [6.45, 7) is 0. The van der Waals surface area contributed by atoms with Crippen molar-refractivity contribution in [3.63, 3.8) is 0 Å². The van der Waals surface area contributed by atoms with Crippen molar-refractivity contribution in [1.29, 1.82) is 0 Å². The van der Waals surface area contributed by atoms with Crippen LogP contribution >= 0.6 is 11.6 Å². The van der Waals surface area contributed by atoms with Gasteiger partial charge in [-0.3, -0.25) is 0 Å². The van der Waals surface area contributed by atoms with Gasteiger partial charge in [0.25, 0.3) is 0 Å². The second kappa shape index (κ2) is 4.79. The average Bonchev–Trinajstić information content (AvgIpc) is 2.93. The van der Waals surface area contributed by atoms with Crippen LogP contribution in [0.25, 0.3) is 16.9 Å². The molecule has 3 rings (SSSR count). The van der Waals surface area contributed by atoms with Gasteiger partial charge < -0.3 is 9.31 Å². The van der Waals surface area contributed by atoms with E-state index in [1.807, 2.05) is 48.5 Å². The summed E-state index contributed by atoms with van der Waals surface area (Å²) in [4.78, 5) is 0. The van der Waals surface area contributed by atoms with Crippen molar-refractivity contribution < 1.29 is 9.31 Å². The van der Waals surface area contributed by atoms with E-state index in [2.05, 4.69) is 0 Å². The summed E-state index contributed by atoms with van der Waals surface area (Å²) in [5.41, 5.74) is 3.17. The van der Waals surface area contributed by atoms with Gasteiger partial charge in [-0.2, -0.15) is 0 Å². The normalized spacial score (nSPS) is 13.3. The highest BCUT2D eigenvalue weighted by Crippen LogP contribution is 2.31. The van der Waals surface area contributed by atoms with E-state index in [9.17, 15) is 0 Å². The van der Waals surface area contributed by atoms with Crippen LogP contribution in [0, 0.1) is 0 Å². The highest BCUT2D eigenvalue weighted by Gasteiger charge is 2.16. The van der Waals surface area contributed by atoms with E-state index in [1.54, 1.807) is 6.26 Å². The van der Waals surface area contributed by atoms with Crippen LogP contribution in [0.1, 0.15) is 5.56 Å². The third kappa shape index (κ3) is 2.09. The lowest BCUT2D eigenvalue weighted by Crippen LogP contribution is -1.92. The van der Waals surface area contributed by atoms with Crippen molar-refractivity contribution in [1.82, 2.24) is 0 Å². The molecular formula is C14H9BClO2. The maximum Gasteiger partial charge on any atom is 0.657 e. The Morgan fingerprint density at radius 3 is 2.28 bits per heavy atom. The molecule has 0 atom stereocenters. The average molecular weight is 255 g/mol. The molecule has 0 saturated heterocycles. The van der Waals surface area contributed by atoms with Crippen LogP contribution in [0.3, 0.4) is 0 Å². The zero-order valence-electron chi connectivity index (χ0n) is 9.47. The Bertz CT molecular complexity index is 593. The lowest BCUT2D eigenvalue weighted by atomic mass is 9.99. The lowest BCUT2D eigenvalue weighted by Gasteiger charge is -2.09. The SMILES string of the molecule is Clc1ccc(-c2ccccc2C2=CO[B]O2)cc1. The molecule has 0 fully saturated rings. The van der Waals surface area contributed by atoms with E-state index in [0.29, 0.717) is 5.76 Å². The molecule has 1 heterocycles. The van der Waals surface area contributed by atoms with E-state index in [1.165, 1.54) is 7.69 Å².